The van der Waals surface area contributed by atoms with Gasteiger partial charge in [-0.15, -0.1) is 0 Å². The van der Waals surface area contributed by atoms with Crippen LogP contribution in [0.5, 0.6) is 0 Å². The van der Waals surface area contributed by atoms with E-state index in [1.807, 2.05) is 12.1 Å². The molecular formula is C19H19N3. The Morgan fingerprint density at radius 3 is 2.68 bits per heavy atom. The minimum Gasteiger partial charge on any atom is -0.397 e. The summed E-state index contributed by atoms with van der Waals surface area (Å²) in [6.07, 6.45) is 1.90. The van der Waals surface area contributed by atoms with Crippen molar-refractivity contribution in [1.29, 1.82) is 5.26 Å². The molecule has 22 heavy (non-hydrogen) atoms. The fraction of sp³-hybridized carbons (Fsp3) is 0.211. The molecule has 3 nitrogen and oxygen atoms in total. The molecule has 2 aromatic carbocycles. The van der Waals surface area contributed by atoms with Crippen LogP contribution in [0.1, 0.15) is 30.3 Å². The number of benzene rings is 2. The van der Waals surface area contributed by atoms with Gasteiger partial charge in [0, 0.05) is 12.2 Å². The number of fused-ring (bicyclic) bond motifs is 1. The lowest BCUT2D eigenvalue weighted by molar-refractivity contribution is 0.722. The second kappa shape index (κ2) is 5.95. The Hall–Kier alpha value is -2.73. The van der Waals surface area contributed by atoms with Crippen molar-refractivity contribution in [3.63, 3.8) is 0 Å². The Kier molecular flexibility index (Phi) is 3.84. The van der Waals surface area contributed by atoms with Gasteiger partial charge in [0.2, 0.25) is 0 Å². The van der Waals surface area contributed by atoms with Crippen molar-refractivity contribution >= 4 is 16.5 Å². The van der Waals surface area contributed by atoms with E-state index in [0.717, 1.165) is 24.2 Å². The second-order valence-corrected chi connectivity index (χ2v) is 5.52. The minimum atomic E-state index is 0.633. The van der Waals surface area contributed by atoms with Crippen molar-refractivity contribution in [2.75, 3.05) is 5.73 Å². The molecule has 1 heterocycles. The van der Waals surface area contributed by atoms with E-state index in [1.165, 1.54) is 16.3 Å². The van der Waals surface area contributed by atoms with Crippen molar-refractivity contribution in [2.45, 2.75) is 26.3 Å². The lowest BCUT2D eigenvalue weighted by atomic mass is 10.0. The minimum absolute atomic E-state index is 0.633. The molecule has 0 aliphatic heterocycles. The van der Waals surface area contributed by atoms with Crippen molar-refractivity contribution in [3.8, 4) is 6.07 Å². The number of nitriles is 1. The smallest absolute Gasteiger partial charge is 0.122 e. The number of rotatable bonds is 4. The van der Waals surface area contributed by atoms with Crippen LogP contribution < -0.4 is 5.73 Å². The van der Waals surface area contributed by atoms with E-state index in [2.05, 4.69) is 47.9 Å². The highest BCUT2D eigenvalue weighted by Gasteiger charge is 2.13. The maximum atomic E-state index is 9.39. The van der Waals surface area contributed by atoms with Crippen molar-refractivity contribution in [2.24, 2.45) is 0 Å². The fourth-order valence-corrected chi connectivity index (χ4v) is 3.00. The molecule has 0 radical (unpaired) electrons. The Morgan fingerprint density at radius 1 is 1.14 bits per heavy atom. The number of anilines is 1. The van der Waals surface area contributed by atoms with Crippen LogP contribution in [0.15, 0.2) is 48.5 Å². The molecule has 3 aromatic rings. The van der Waals surface area contributed by atoms with Crippen LogP contribution in [-0.2, 0) is 13.0 Å². The predicted octanol–water partition coefficient (Wildman–Crippen LogP) is 4.10. The molecule has 0 atom stereocenters. The van der Waals surface area contributed by atoms with Gasteiger partial charge in [0.05, 0.1) is 5.69 Å². The van der Waals surface area contributed by atoms with E-state index < -0.39 is 0 Å². The molecule has 0 aliphatic rings. The summed E-state index contributed by atoms with van der Waals surface area (Å²) in [5, 5.41) is 11.8. The topological polar surface area (TPSA) is 54.7 Å². The molecule has 0 saturated heterocycles. The number of hydrogen-bond acceptors (Lipinski definition) is 2. The summed E-state index contributed by atoms with van der Waals surface area (Å²) in [6.45, 7) is 2.80. The summed E-state index contributed by atoms with van der Waals surface area (Å²) in [7, 11) is 0. The Bertz CT molecular complexity index is 847. The van der Waals surface area contributed by atoms with Gasteiger partial charge >= 0.3 is 0 Å². The molecule has 0 amide bonds. The summed E-state index contributed by atoms with van der Waals surface area (Å²) in [5.41, 5.74) is 9.73. The standard InChI is InChI=1S/C19H19N3/c1-2-6-19-18(21)11-16(12-20)22(19)13-15-9-5-8-14-7-3-4-10-17(14)15/h3-5,7-11H,2,6,13,21H2,1H3. The Morgan fingerprint density at radius 2 is 1.91 bits per heavy atom. The molecular weight excluding hydrogens is 270 g/mol. The molecule has 0 saturated carbocycles. The fourth-order valence-electron chi connectivity index (χ4n) is 3.00. The summed E-state index contributed by atoms with van der Waals surface area (Å²) < 4.78 is 2.06. The molecule has 1 aromatic heterocycles. The average Bonchev–Trinajstić information content (AvgIpc) is 2.84. The second-order valence-electron chi connectivity index (χ2n) is 5.52. The van der Waals surface area contributed by atoms with Crippen molar-refractivity contribution < 1.29 is 0 Å². The third-order valence-electron chi connectivity index (χ3n) is 4.05. The zero-order chi connectivity index (χ0) is 15.5. The van der Waals surface area contributed by atoms with Gasteiger partial charge in [-0.3, -0.25) is 0 Å². The zero-order valence-electron chi connectivity index (χ0n) is 12.7. The van der Waals surface area contributed by atoms with E-state index >= 15 is 0 Å². The lowest BCUT2D eigenvalue weighted by Crippen LogP contribution is -2.08. The monoisotopic (exact) mass is 289 g/mol. The van der Waals surface area contributed by atoms with Gasteiger partial charge in [-0.05, 0) is 28.8 Å². The van der Waals surface area contributed by atoms with Gasteiger partial charge in [-0.1, -0.05) is 55.8 Å². The van der Waals surface area contributed by atoms with E-state index in [0.29, 0.717) is 12.2 Å². The first-order valence-electron chi connectivity index (χ1n) is 7.59. The molecule has 0 spiro atoms. The maximum Gasteiger partial charge on any atom is 0.122 e. The largest absolute Gasteiger partial charge is 0.397 e. The van der Waals surface area contributed by atoms with E-state index in [-0.39, 0.29) is 0 Å². The number of nitrogen functional groups attached to an aromatic ring is 1. The SMILES string of the molecule is CCCc1c(N)cc(C#N)n1Cc1cccc2ccccc12. The summed E-state index contributed by atoms with van der Waals surface area (Å²) in [5.74, 6) is 0. The molecule has 0 bridgehead atoms. The van der Waals surface area contributed by atoms with Crippen molar-refractivity contribution in [3.05, 3.63) is 65.5 Å². The Labute approximate surface area is 130 Å². The third-order valence-corrected chi connectivity index (χ3v) is 4.05. The number of nitrogens with zero attached hydrogens (tertiary/aromatic N) is 2. The van der Waals surface area contributed by atoms with E-state index in [1.54, 1.807) is 6.07 Å². The van der Waals surface area contributed by atoms with Gasteiger partial charge in [0.25, 0.3) is 0 Å². The molecule has 0 unspecified atom stereocenters. The van der Waals surface area contributed by atoms with Gasteiger partial charge in [-0.2, -0.15) is 5.26 Å². The van der Waals surface area contributed by atoms with E-state index in [4.69, 9.17) is 5.73 Å². The first-order chi connectivity index (χ1) is 10.7. The highest BCUT2D eigenvalue weighted by molar-refractivity contribution is 5.85. The van der Waals surface area contributed by atoms with E-state index in [9.17, 15) is 5.26 Å². The summed E-state index contributed by atoms with van der Waals surface area (Å²) in [6, 6.07) is 18.7. The van der Waals surface area contributed by atoms with Crippen LogP contribution in [0.2, 0.25) is 0 Å². The van der Waals surface area contributed by atoms with Crippen molar-refractivity contribution in [1.82, 2.24) is 4.57 Å². The number of hydrogen-bond donors (Lipinski definition) is 1. The zero-order valence-corrected chi connectivity index (χ0v) is 12.7. The summed E-state index contributed by atoms with van der Waals surface area (Å²) >= 11 is 0. The first kappa shape index (κ1) is 14.2. The third kappa shape index (κ3) is 2.44. The molecule has 110 valence electrons. The van der Waals surface area contributed by atoms with Gasteiger partial charge in [-0.25, -0.2) is 0 Å². The molecule has 0 aliphatic carbocycles. The number of nitrogens with two attached hydrogens (primary N) is 1. The number of aromatic nitrogens is 1. The van der Waals surface area contributed by atoms with Crippen LogP contribution in [-0.4, -0.2) is 4.57 Å². The maximum absolute atomic E-state index is 9.39. The first-order valence-corrected chi connectivity index (χ1v) is 7.59. The highest BCUT2D eigenvalue weighted by Crippen LogP contribution is 2.24. The van der Waals surface area contributed by atoms with Gasteiger partial charge in [0.1, 0.15) is 11.8 Å². The molecule has 0 fully saturated rings. The molecule has 2 N–H and O–H groups in total. The molecule has 3 heteroatoms. The highest BCUT2D eigenvalue weighted by atomic mass is 15.0. The predicted molar refractivity (Wildman–Crippen MR) is 90.6 cm³/mol. The molecule has 3 rings (SSSR count). The normalized spacial score (nSPS) is 10.7. The summed E-state index contributed by atoms with van der Waals surface area (Å²) in [4.78, 5) is 0. The Balaban J connectivity index is 2.11. The van der Waals surface area contributed by atoms with Crippen LogP contribution in [0.25, 0.3) is 10.8 Å². The van der Waals surface area contributed by atoms with Crippen LogP contribution in [0.3, 0.4) is 0 Å². The van der Waals surface area contributed by atoms with Crippen LogP contribution >= 0.6 is 0 Å². The lowest BCUT2D eigenvalue weighted by Gasteiger charge is -2.13. The quantitative estimate of drug-likeness (QED) is 0.786. The van der Waals surface area contributed by atoms with Gasteiger partial charge < -0.3 is 10.3 Å². The average molecular weight is 289 g/mol. The van der Waals surface area contributed by atoms with Crippen LogP contribution in [0, 0.1) is 11.3 Å². The van der Waals surface area contributed by atoms with Crippen LogP contribution in [0.4, 0.5) is 5.69 Å². The van der Waals surface area contributed by atoms with Gasteiger partial charge in [0.15, 0.2) is 0 Å².